The lowest BCUT2D eigenvalue weighted by Crippen LogP contribution is -2.05. The van der Waals surface area contributed by atoms with Crippen LogP contribution in [0.3, 0.4) is 0 Å². The Bertz CT molecular complexity index is 801. The summed E-state index contributed by atoms with van der Waals surface area (Å²) >= 11 is 7.89. The molecule has 0 saturated heterocycles. The van der Waals surface area contributed by atoms with Gasteiger partial charge in [0.1, 0.15) is 28.8 Å². The van der Waals surface area contributed by atoms with E-state index >= 15 is 0 Å². The first-order valence-electron chi connectivity index (χ1n) is 6.21. The van der Waals surface area contributed by atoms with Crippen LogP contribution in [0.4, 0.5) is 13.2 Å². The van der Waals surface area contributed by atoms with Crippen molar-refractivity contribution in [2.24, 2.45) is 5.16 Å². The fourth-order valence-electron chi connectivity index (χ4n) is 1.57. The minimum atomic E-state index is -4.52. The topological polar surface area (TPSA) is 71.2 Å². The summed E-state index contributed by atoms with van der Waals surface area (Å²) in [5.41, 5.74) is -0.627. The van der Waals surface area contributed by atoms with Gasteiger partial charge in [0.05, 0.1) is 10.6 Å². The number of aromatic nitrogens is 2. The van der Waals surface area contributed by atoms with Gasteiger partial charge in [-0.2, -0.15) is 22.8 Å². The first-order chi connectivity index (χ1) is 11.4. The molecule has 126 valence electrons. The molecule has 0 aliphatic carbocycles. The summed E-state index contributed by atoms with van der Waals surface area (Å²) in [5.74, 6) is 0. The van der Waals surface area contributed by atoms with Gasteiger partial charge in [0, 0.05) is 23.7 Å². The van der Waals surface area contributed by atoms with Crippen LogP contribution in [0.5, 0.6) is 0 Å². The lowest BCUT2D eigenvalue weighted by atomic mass is 10.2. The Morgan fingerprint density at radius 1 is 1.50 bits per heavy atom. The van der Waals surface area contributed by atoms with Gasteiger partial charge in [-0.05, 0) is 29.4 Å². The monoisotopic (exact) mass is 392 g/mol. The summed E-state index contributed by atoms with van der Waals surface area (Å²) in [7, 11) is 1.40. The summed E-state index contributed by atoms with van der Waals surface area (Å²) in [6, 6.07) is 2.81. The molecule has 0 spiro atoms. The third kappa shape index (κ3) is 4.37. The maximum Gasteiger partial charge on any atom is 0.417 e. The number of nitrogens with zero attached hydrogens (tertiary/aromatic N) is 4. The van der Waals surface area contributed by atoms with Crippen molar-refractivity contribution in [3.63, 3.8) is 0 Å². The van der Waals surface area contributed by atoms with Gasteiger partial charge < -0.3 is 4.84 Å². The fourth-order valence-corrected chi connectivity index (χ4v) is 3.56. The molecule has 0 aliphatic rings. The van der Waals surface area contributed by atoms with Crippen molar-refractivity contribution in [2.45, 2.75) is 22.6 Å². The summed E-state index contributed by atoms with van der Waals surface area (Å²) in [4.78, 5) is 8.92. The Morgan fingerprint density at radius 3 is 2.83 bits per heavy atom. The van der Waals surface area contributed by atoms with E-state index in [9.17, 15) is 18.4 Å². The zero-order valence-corrected chi connectivity index (χ0v) is 14.4. The van der Waals surface area contributed by atoms with E-state index in [1.54, 1.807) is 0 Å². The second kappa shape index (κ2) is 7.83. The molecule has 0 bridgehead atoms. The summed E-state index contributed by atoms with van der Waals surface area (Å²) in [6.45, 7) is 0. The van der Waals surface area contributed by atoms with Gasteiger partial charge in [0.15, 0.2) is 0 Å². The molecule has 11 heteroatoms. The first-order valence-corrected chi connectivity index (χ1v) is 8.17. The second-order valence-corrected chi connectivity index (χ2v) is 6.43. The summed E-state index contributed by atoms with van der Waals surface area (Å²) in [5, 5.41) is 13.2. The average molecular weight is 393 g/mol. The highest BCUT2D eigenvalue weighted by molar-refractivity contribution is 7.99. The Morgan fingerprint density at radius 2 is 2.25 bits per heavy atom. The number of oxime groups is 1. The van der Waals surface area contributed by atoms with Gasteiger partial charge in [0.2, 0.25) is 0 Å². The van der Waals surface area contributed by atoms with Crippen LogP contribution in [0.1, 0.15) is 16.0 Å². The number of pyridine rings is 1. The van der Waals surface area contributed by atoms with Gasteiger partial charge in [-0.25, -0.2) is 4.98 Å². The molecule has 2 aromatic heterocycles. The van der Waals surface area contributed by atoms with E-state index in [2.05, 4.69) is 19.4 Å². The molecule has 0 fully saturated rings. The molecular formula is C13H8ClF3N4OS2. The van der Waals surface area contributed by atoms with Crippen LogP contribution in [0.2, 0.25) is 5.02 Å². The van der Waals surface area contributed by atoms with Crippen LogP contribution in [0.25, 0.3) is 0 Å². The third-order valence-corrected chi connectivity index (χ3v) is 5.02. The normalized spacial score (nSPS) is 11.7. The second-order valence-electron chi connectivity index (χ2n) is 4.18. The lowest BCUT2D eigenvalue weighted by Gasteiger charge is -2.08. The van der Waals surface area contributed by atoms with E-state index in [0.29, 0.717) is 28.1 Å². The van der Waals surface area contributed by atoms with Crippen molar-refractivity contribution in [3.8, 4) is 6.07 Å². The van der Waals surface area contributed by atoms with E-state index in [1.807, 2.05) is 6.07 Å². The number of rotatable bonds is 5. The molecule has 0 unspecified atom stereocenters. The van der Waals surface area contributed by atoms with Crippen molar-refractivity contribution in [1.29, 1.82) is 5.26 Å². The standard InChI is InChI=1S/C13H8ClF3N4OS2/c1-22-20-3-2-10-8(5-18)11(21-24-10)23-12-9(14)4-7(6-19-12)13(15,16)17/h3-4,6H,2H2,1H3/b20-3+. The van der Waals surface area contributed by atoms with E-state index in [0.717, 1.165) is 29.4 Å². The van der Waals surface area contributed by atoms with Gasteiger partial charge in [-0.3, -0.25) is 0 Å². The molecule has 5 nitrogen and oxygen atoms in total. The molecule has 0 saturated carbocycles. The molecule has 0 aromatic carbocycles. The maximum absolute atomic E-state index is 12.6. The van der Waals surface area contributed by atoms with Crippen molar-refractivity contribution in [2.75, 3.05) is 7.11 Å². The van der Waals surface area contributed by atoms with Crippen LogP contribution in [0.15, 0.2) is 27.5 Å². The Balaban J connectivity index is 2.26. The zero-order valence-electron chi connectivity index (χ0n) is 12.0. The van der Waals surface area contributed by atoms with Crippen molar-refractivity contribution in [3.05, 3.63) is 33.3 Å². The Hall–Kier alpha value is -1.83. The molecule has 0 N–H and O–H groups in total. The number of hydrogen-bond acceptors (Lipinski definition) is 7. The molecule has 0 atom stereocenters. The van der Waals surface area contributed by atoms with Gasteiger partial charge >= 0.3 is 6.18 Å². The van der Waals surface area contributed by atoms with E-state index in [-0.39, 0.29) is 10.0 Å². The minimum absolute atomic E-state index is 0.142. The number of nitriles is 1. The van der Waals surface area contributed by atoms with Crippen LogP contribution in [-0.2, 0) is 17.4 Å². The lowest BCUT2D eigenvalue weighted by molar-refractivity contribution is -0.137. The Labute approximate surface area is 148 Å². The molecule has 0 amide bonds. The quantitative estimate of drug-likeness (QED) is 0.556. The highest BCUT2D eigenvalue weighted by Crippen LogP contribution is 2.38. The largest absolute Gasteiger partial charge is 0.417 e. The van der Waals surface area contributed by atoms with Crippen LogP contribution in [0, 0.1) is 11.3 Å². The summed E-state index contributed by atoms with van der Waals surface area (Å²) in [6.07, 6.45) is -2.00. The zero-order chi connectivity index (χ0) is 17.7. The van der Waals surface area contributed by atoms with E-state index < -0.39 is 11.7 Å². The SMILES string of the molecule is CO/N=C/Cc1snc(Sc2ncc(C(F)(F)F)cc2Cl)c1C#N. The van der Waals surface area contributed by atoms with Crippen molar-refractivity contribution < 1.29 is 18.0 Å². The van der Waals surface area contributed by atoms with Crippen LogP contribution in [-0.4, -0.2) is 22.7 Å². The predicted molar refractivity (Wildman–Crippen MR) is 84.4 cm³/mol. The van der Waals surface area contributed by atoms with Crippen molar-refractivity contribution in [1.82, 2.24) is 9.36 Å². The summed E-state index contributed by atoms with van der Waals surface area (Å²) < 4.78 is 42.0. The number of hydrogen-bond donors (Lipinski definition) is 0. The van der Waals surface area contributed by atoms with E-state index in [1.165, 1.54) is 13.3 Å². The smallest absolute Gasteiger partial charge is 0.399 e. The highest BCUT2D eigenvalue weighted by Gasteiger charge is 2.31. The predicted octanol–water partition coefficient (Wildman–Crippen LogP) is 4.41. The van der Waals surface area contributed by atoms with Crippen LogP contribution >= 0.6 is 34.9 Å². The van der Waals surface area contributed by atoms with E-state index in [4.69, 9.17) is 11.6 Å². The third-order valence-electron chi connectivity index (χ3n) is 2.63. The van der Waals surface area contributed by atoms with Crippen molar-refractivity contribution >= 4 is 41.1 Å². The fraction of sp³-hybridized carbons (Fsp3) is 0.231. The molecule has 2 heterocycles. The molecule has 24 heavy (non-hydrogen) atoms. The van der Waals surface area contributed by atoms with Gasteiger partial charge in [-0.1, -0.05) is 16.8 Å². The molecule has 2 aromatic rings. The minimum Gasteiger partial charge on any atom is -0.399 e. The molecule has 0 aliphatic heterocycles. The molecule has 2 rings (SSSR count). The molecule has 0 radical (unpaired) electrons. The number of halogens is 4. The molecular weight excluding hydrogens is 385 g/mol. The number of alkyl halides is 3. The van der Waals surface area contributed by atoms with Gasteiger partial charge in [0.25, 0.3) is 0 Å². The van der Waals surface area contributed by atoms with Crippen LogP contribution < -0.4 is 0 Å². The maximum atomic E-state index is 12.6. The average Bonchev–Trinajstić information content (AvgIpc) is 2.90. The highest BCUT2D eigenvalue weighted by atomic mass is 35.5. The Kier molecular flexibility index (Phi) is 6.04. The van der Waals surface area contributed by atoms with Gasteiger partial charge in [-0.15, -0.1) is 0 Å². The first kappa shape index (κ1) is 18.5.